The van der Waals surface area contributed by atoms with E-state index in [9.17, 15) is 0 Å². The minimum absolute atomic E-state index is 0.459. The van der Waals surface area contributed by atoms with Crippen molar-refractivity contribution in [1.29, 1.82) is 0 Å². The van der Waals surface area contributed by atoms with Crippen molar-refractivity contribution < 1.29 is 0 Å². The quantitative estimate of drug-likeness (QED) is 0.781. The molecule has 0 amide bonds. The molecule has 2 heteroatoms. The third-order valence-corrected chi connectivity index (χ3v) is 5.15. The van der Waals surface area contributed by atoms with Gasteiger partial charge < -0.3 is 5.32 Å². The molecule has 1 aliphatic rings. The lowest BCUT2D eigenvalue weighted by molar-refractivity contribution is 0.138. The molecule has 1 N–H and O–H groups in total. The molecule has 21 heavy (non-hydrogen) atoms. The lowest BCUT2D eigenvalue weighted by Gasteiger charge is -2.43. The molecule has 1 heterocycles. The second-order valence-corrected chi connectivity index (χ2v) is 7.25. The summed E-state index contributed by atoms with van der Waals surface area (Å²) in [5.74, 6) is 1.24. The molecule has 1 aliphatic carbocycles. The van der Waals surface area contributed by atoms with E-state index in [4.69, 9.17) is 0 Å². The summed E-state index contributed by atoms with van der Waals surface area (Å²) < 4.78 is 0. The van der Waals surface area contributed by atoms with Gasteiger partial charge in [-0.2, -0.15) is 0 Å². The van der Waals surface area contributed by atoms with E-state index in [1.807, 2.05) is 12.3 Å². The standard InChI is InChI=1S/C19H32N2/c1-5-20-18(16(4)17-10-6-9-13-21-17)19(14-15(2)3)11-7-8-12-19/h6,9-10,13,15-16,18,20H,5,7-8,11-12,14H2,1-4H3. The number of pyridine rings is 1. The maximum Gasteiger partial charge on any atom is 0.0447 e. The summed E-state index contributed by atoms with van der Waals surface area (Å²) in [5.41, 5.74) is 1.69. The van der Waals surface area contributed by atoms with Crippen molar-refractivity contribution in [2.75, 3.05) is 6.54 Å². The maximum atomic E-state index is 4.62. The number of hydrogen-bond donors (Lipinski definition) is 1. The number of aromatic nitrogens is 1. The smallest absolute Gasteiger partial charge is 0.0447 e. The van der Waals surface area contributed by atoms with Gasteiger partial charge in [0.05, 0.1) is 0 Å². The fourth-order valence-corrected chi connectivity index (χ4v) is 4.49. The van der Waals surface area contributed by atoms with Crippen LogP contribution in [0, 0.1) is 11.3 Å². The average molecular weight is 288 g/mol. The normalized spacial score (nSPS) is 20.6. The number of likely N-dealkylation sites (N-methyl/N-ethyl adjacent to an activating group) is 1. The van der Waals surface area contributed by atoms with Gasteiger partial charge in [-0.3, -0.25) is 4.98 Å². The van der Waals surface area contributed by atoms with Gasteiger partial charge in [0.15, 0.2) is 0 Å². The molecule has 118 valence electrons. The Morgan fingerprint density at radius 1 is 1.19 bits per heavy atom. The molecule has 0 aliphatic heterocycles. The molecule has 0 saturated heterocycles. The molecule has 2 rings (SSSR count). The van der Waals surface area contributed by atoms with Gasteiger partial charge in [-0.1, -0.05) is 46.6 Å². The summed E-state index contributed by atoms with van der Waals surface area (Å²) in [6.45, 7) is 10.4. The second kappa shape index (κ2) is 7.40. The summed E-state index contributed by atoms with van der Waals surface area (Å²) >= 11 is 0. The Kier molecular flexibility index (Phi) is 5.80. The van der Waals surface area contributed by atoms with Crippen LogP contribution in [0.15, 0.2) is 24.4 Å². The van der Waals surface area contributed by atoms with Gasteiger partial charge in [0.25, 0.3) is 0 Å². The van der Waals surface area contributed by atoms with Crippen molar-refractivity contribution in [2.45, 2.75) is 71.8 Å². The van der Waals surface area contributed by atoms with Crippen molar-refractivity contribution in [3.63, 3.8) is 0 Å². The van der Waals surface area contributed by atoms with Crippen molar-refractivity contribution in [2.24, 2.45) is 11.3 Å². The molecule has 1 saturated carbocycles. The fourth-order valence-electron chi connectivity index (χ4n) is 4.49. The van der Waals surface area contributed by atoms with E-state index in [0.29, 0.717) is 17.4 Å². The van der Waals surface area contributed by atoms with Crippen LogP contribution < -0.4 is 5.32 Å². The molecule has 1 fully saturated rings. The first-order valence-electron chi connectivity index (χ1n) is 8.73. The SMILES string of the molecule is CCNC(C(C)c1ccccn1)C1(CC(C)C)CCCC1. The average Bonchev–Trinajstić information content (AvgIpc) is 2.93. The van der Waals surface area contributed by atoms with Crippen LogP contribution in [0.1, 0.15) is 71.4 Å². The molecular weight excluding hydrogens is 256 g/mol. The van der Waals surface area contributed by atoms with E-state index < -0.39 is 0 Å². The molecule has 0 aromatic carbocycles. The van der Waals surface area contributed by atoms with Crippen LogP contribution in [0.2, 0.25) is 0 Å². The summed E-state index contributed by atoms with van der Waals surface area (Å²) in [7, 11) is 0. The highest BCUT2D eigenvalue weighted by Crippen LogP contribution is 2.49. The first-order valence-corrected chi connectivity index (χ1v) is 8.73. The highest BCUT2D eigenvalue weighted by Gasteiger charge is 2.43. The first-order chi connectivity index (χ1) is 10.1. The van der Waals surface area contributed by atoms with Crippen LogP contribution in [-0.4, -0.2) is 17.6 Å². The highest BCUT2D eigenvalue weighted by molar-refractivity contribution is 5.14. The van der Waals surface area contributed by atoms with Crippen LogP contribution >= 0.6 is 0 Å². The predicted molar refractivity (Wildman–Crippen MR) is 90.5 cm³/mol. The van der Waals surface area contributed by atoms with E-state index in [0.717, 1.165) is 12.5 Å². The molecular formula is C19H32N2. The van der Waals surface area contributed by atoms with Crippen molar-refractivity contribution in [1.82, 2.24) is 10.3 Å². The van der Waals surface area contributed by atoms with Gasteiger partial charge in [-0.25, -0.2) is 0 Å². The lowest BCUT2D eigenvalue weighted by Crippen LogP contribution is -2.48. The topological polar surface area (TPSA) is 24.9 Å². The van der Waals surface area contributed by atoms with Gasteiger partial charge >= 0.3 is 0 Å². The summed E-state index contributed by atoms with van der Waals surface area (Å²) in [4.78, 5) is 4.62. The minimum Gasteiger partial charge on any atom is -0.313 e. The number of nitrogens with zero attached hydrogens (tertiary/aromatic N) is 1. The van der Waals surface area contributed by atoms with Gasteiger partial charge in [-0.05, 0) is 49.3 Å². The van der Waals surface area contributed by atoms with E-state index in [1.54, 1.807) is 0 Å². The molecule has 0 bridgehead atoms. The van der Waals surface area contributed by atoms with Crippen LogP contribution in [-0.2, 0) is 0 Å². The summed E-state index contributed by atoms with van der Waals surface area (Å²) in [5, 5.41) is 3.83. The van der Waals surface area contributed by atoms with Gasteiger partial charge in [-0.15, -0.1) is 0 Å². The first kappa shape index (κ1) is 16.5. The van der Waals surface area contributed by atoms with Crippen LogP contribution in [0.5, 0.6) is 0 Å². The zero-order valence-corrected chi connectivity index (χ0v) is 14.2. The largest absolute Gasteiger partial charge is 0.313 e. The Balaban J connectivity index is 2.27. The fraction of sp³-hybridized carbons (Fsp3) is 0.737. The Labute approximate surface area is 130 Å². The third-order valence-electron chi connectivity index (χ3n) is 5.15. The van der Waals surface area contributed by atoms with E-state index in [-0.39, 0.29) is 0 Å². The zero-order valence-electron chi connectivity index (χ0n) is 14.2. The van der Waals surface area contributed by atoms with Crippen molar-refractivity contribution in [3.05, 3.63) is 30.1 Å². The molecule has 1 aromatic heterocycles. The lowest BCUT2D eigenvalue weighted by atomic mass is 9.68. The Hall–Kier alpha value is -0.890. The molecule has 2 nitrogen and oxygen atoms in total. The monoisotopic (exact) mass is 288 g/mol. The zero-order chi connectivity index (χ0) is 15.3. The highest BCUT2D eigenvalue weighted by atomic mass is 14.9. The minimum atomic E-state index is 0.459. The molecule has 0 radical (unpaired) electrons. The summed E-state index contributed by atoms with van der Waals surface area (Å²) in [6.07, 6.45) is 8.80. The van der Waals surface area contributed by atoms with E-state index in [1.165, 1.54) is 37.8 Å². The van der Waals surface area contributed by atoms with Crippen molar-refractivity contribution in [3.8, 4) is 0 Å². The van der Waals surface area contributed by atoms with Crippen LogP contribution in [0.4, 0.5) is 0 Å². The molecule has 2 unspecified atom stereocenters. The van der Waals surface area contributed by atoms with Crippen LogP contribution in [0.3, 0.4) is 0 Å². The maximum absolute atomic E-state index is 4.62. The molecule has 1 aromatic rings. The van der Waals surface area contributed by atoms with E-state index >= 15 is 0 Å². The summed E-state index contributed by atoms with van der Waals surface area (Å²) in [6, 6.07) is 6.86. The van der Waals surface area contributed by atoms with Crippen molar-refractivity contribution >= 4 is 0 Å². The van der Waals surface area contributed by atoms with E-state index in [2.05, 4.69) is 50.1 Å². The Bertz CT molecular complexity index is 407. The molecule has 0 spiro atoms. The van der Waals surface area contributed by atoms with Gasteiger partial charge in [0.1, 0.15) is 0 Å². The third kappa shape index (κ3) is 3.85. The number of nitrogens with one attached hydrogen (secondary N) is 1. The van der Waals surface area contributed by atoms with Gasteiger partial charge in [0.2, 0.25) is 0 Å². The number of hydrogen-bond acceptors (Lipinski definition) is 2. The Morgan fingerprint density at radius 2 is 1.90 bits per heavy atom. The number of rotatable bonds is 7. The van der Waals surface area contributed by atoms with Crippen LogP contribution in [0.25, 0.3) is 0 Å². The van der Waals surface area contributed by atoms with Gasteiger partial charge in [0, 0.05) is 23.9 Å². The molecule has 2 atom stereocenters. The predicted octanol–water partition coefficient (Wildman–Crippen LogP) is 4.77. The second-order valence-electron chi connectivity index (χ2n) is 7.25. The Morgan fingerprint density at radius 3 is 2.43 bits per heavy atom.